The fourth-order valence-corrected chi connectivity index (χ4v) is 3.45. The van der Waals surface area contributed by atoms with Crippen LogP contribution in [0.15, 0.2) is 39.8 Å². The molecule has 0 unspecified atom stereocenters. The number of aromatic nitrogens is 1. The van der Waals surface area contributed by atoms with Gasteiger partial charge in [-0.25, -0.2) is 26.0 Å². The first-order chi connectivity index (χ1) is 12.6. The summed E-state index contributed by atoms with van der Waals surface area (Å²) in [5.74, 6) is -5.19. The first-order valence-electron chi connectivity index (χ1n) is 7.37. The predicted molar refractivity (Wildman–Crippen MR) is 86.2 cm³/mol. The normalized spacial score (nSPS) is 11.8. The lowest BCUT2D eigenvalue weighted by molar-refractivity contribution is 0.230. The third-order valence-corrected chi connectivity index (χ3v) is 4.89. The molecule has 0 saturated heterocycles. The molecule has 5 nitrogen and oxygen atoms in total. The van der Waals surface area contributed by atoms with Crippen LogP contribution in [0, 0.1) is 23.3 Å². The maximum Gasteiger partial charge on any atom is 0.181 e. The van der Waals surface area contributed by atoms with Crippen LogP contribution in [-0.2, 0) is 16.4 Å². The van der Waals surface area contributed by atoms with Gasteiger partial charge in [-0.05, 0) is 35.9 Å². The number of nitrogens with zero attached hydrogens (tertiary/aromatic N) is 1. The minimum atomic E-state index is -4.17. The van der Waals surface area contributed by atoms with Crippen LogP contribution in [0.3, 0.4) is 0 Å². The van der Waals surface area contributed by atoms with E-state index in [4.69, 9.17) is 4.52 Å². The van der Waals surface area contributed by atoms with Crippen molar-refractivity contribution in [3.63, 3.8) is 0 Å². The number of aliphatic hydroxyl groups excluding tert-OH is 1. The zero-order chi connectivity index (χ0) is 19.9. The minimum absolute atomic E-state index is 0.0281. The Hall–Kier alpha value is -2.72. The largest absolute Gasteiger partial charge is 0.388 e. The van der Waals surface area contributed by atoms with Crippen LogP contribution >= 0.6 is 0 Å². The van der Waals surface area contributed by atoms with Gasteiger partial charge in [0, 0.05) is 11.8 Å². The van der Waals surface area contributed by atoms with Gasteiger partial charge in [0.15, 0.2) is 27.2 Å². The number of rotatable bonds is 4. The van der Waals surface area contributed by atoms with Gasteiger partial charge < -0.3 is 9.63 Å². The van der Waals surface area contributed by atoms with Gasteiger partial charge in [0.1, 0.15) is 28.8 Å². The first kappa shape index (κ1) is 19.1. The summed E-state index contributed by atoms with van der Waals surface area (Å²) in [7, 11) is -4.17. The van der Waals surface area contributed by atoms with Crippen molar-refractivity contribution in [2.75, 3.05) is 6.26 Å². The highest BCUT2D eigenvalue weighted by Gasteiger charge is 2.25. The smallest absolute Gasteiger partial charge is 0.181 e. The first-order valence-corrected chi connectivity index (χ1v) is 9.27. The zero-order valence-corrected chi connectivity index (χ0v) is 14.4. The minimum Gasteiger partial charge on any atom is -0.388 e. The Balaban J connectivity index is 2.26. The third kappa shape index (κ3) is 3.45. The van der Waals surface area contributed by atoms with Crippen molar-refractivity contribution in [2.24, 2.45) is 0 Å². The van der Waals surface area contributed by atoms with E-state index >= 15 is 0 Å². The zero-order valence-electron chi connectivity index (χ0n) is 13.6. The van der Waals surface area contributed by atoms with E-state index in [1.807, 2.05) is 0 Å². The van der Waals surface area contributed by atoms with E-state index in [2.05, 4.69) is 5.16 Å². The molecule has 0 aliphatic carbocycles. The highest BCUT2D eigenvalue weighted by Crippen LogP contribution is 2.37. The molecular formula is C17H11F4NO4S. The van der Waals surface area contributed by atoms with Gasteiger partial charge in [-0.3, -0.25) is 0 Å². The standard InChI is InChI=1S/C17H11F4NO4S/c1-27(24,25)17-12(20)5-9(6-13(17)21)15-14(7-23)26-22-16(15)8-2-3-10(18)11(19)4-8/h2-6,23H,7H2,1H3. The molecule has 0 aliphatic heterocycles. The lowest BCUT2D eigenvalue weighted by Crippen LogP contribution is -2.05. The van der Waals surface area contributed by atoms with E-state index in [9.17, 15) is 31.1 Å². The van der Waals surface area contributed by atoms with Gasteiger partial charge >= 0.3 is 0 Å². The second-order valence-corrected chi connectivity index (χ2v) is 7.61. The molecule has 0 bridgehead atoms. The van der Waals surface area contributed by atoms with Gasteiger partial charge in [-0.1, -0.05) is 5.16 Å². The molecule has 1 N–H and O–H groups in total. The van der Waals surface area contributed by atoms with Crippen molar-refractivity contribution in [3.8, 4) is 22.4 Å². The Bertz CT molecular complexity index is 1120. The fourth-order valence-electron chi connectivity index (χ4n) is 2.63. The molecule has 0 saturated carbocycles. The maximum atomic E-state index is 14.2. The Kier molecular flexibility index (Phi) is 4.79. The van der Waals surface area contributed by atoms with Gasteiger partial charge in [0.2, 0.25) is 0 Å². The molecule has 0 aliphatic rings. The predicted octanol–water partition coefficient (Wildman–Crippen LogP) is 3.46. The van der Waals surface area contributed by atoms with Crippen LogP contribution in [0.2, 0.25) is 0 Å². The topological polar surface area (TPSA) is 80.4 Å². The summed E-state index contributed by atoms with van der Waals surface area (Å²) in [4.78, 5) is -1.11. The van der Waals surface area contributed by atoms with Crippen molar-refractivity contribution in [1.82, 2.24) is 5.16 Å². The van der Waals surface area contributed by atoms with Crippen LogP contribution in [0.4, 0.5) is 17.6 Å². The molecule has 27 heavy (non-hydrogen) atoms. The van der Waals surface area contributed by atoms with E-state index in [1.54, 1.807) is 0 Å². The molecule has 0 spiro atoms. The van der Waals surface area contributed by atoms with E-state index in [-0.39, 0.29) is 28.1 Å². The average molecular weight is 401 g/mol. The summed E-state index contributed by atoms with van der Waals surface area (Å²) in [5.41, 5.74) is -0.354. The third-order valence-electron chi connectivity index (χ3n) is 3.76. The number of halogens is 4. The lowest BCUT2D eigenvalue weighted by atomic mass is 9.99. The molecule has 1 heterocycles. The Morgan fingerprint density at radius 3 is 2.07 bits per heavy atom. The van der Waals surface area contributed by atoms with Crippen LogP contribution in [-0.4, -0.2) is 24.9 Å². The van der Waals surface area contributed by atoms with Crippen molar-refractivity contribution < 1.29 is 35.6 Å². The van der Waals surface area contributed by atoms with Crippen molar-refractivity contribution in [2.45, 2.75) is 11.5 Å². The SMILES string of the molecule is CS(=O)(=O)c1c(F)cc(-c2c(-c3ccc(F)c(F)c3)noc2CO)cc1F. The summed E-state index contributed by atoms with van der Waals surface area (Å²) in [6.07, 6.45) is 0.652. The molecule has 0 amide bonds. The summed E-state index contributed by atoms with van der Waals surface area (Å²) < 4.78 is 83.1. The van der Waals surface area contributed by atoms with E-state index in [1.165, 1.54) is 6.07 Å². The molecule has 10 heteroatoms. The summed E-state index contributed by atoms with van der Waals surface area (Å²) >= 11 is 0. The molecule has 2 aromatic carbocycles. The summed E-state index contributed by atoms with van der Waals surface area (Å²) in [5, 5.41) is 13.1. The van der Waals surface area contributed by atoms with E-state index in [0.29, 0.717) is 6.26 Å². The van der Waals surface area contributed by atoms with Crippen LogP contribution in [0.1, 0.15) is 5.76 Å². The molecule has 0 atom stereocenters. The Labute approximate surface area is 150 Å². The highest BCUT2D eigenvalue weighted by molar-refractivity contribution is 7.90. The summed E-state index contributed by atoms with van der Waals surface area (Å²) in [6, 6.07) is 4.26. The van der Waals surface area contributed by atoms with Gasteiger partial charge in [-0.15, -0.1) is 0 Å². The molecule has 3 rings (SSSR count). The second-order valence-electron chi connectivity index (χ2n) is 5.66. The quantitative estimate of drug-likeness (QED) is 0.678. The molecule has 142 valence electrons. The van der Waals surface area contributed by atoms with Gasteiger partial charge in [-0.2, -0.15) is 0 Å². The maximum absolute atomic E-state index is 14.2. The summed E-state index contributed by atoms with van der Waals surface area (Å²) in [6.45, 7) is -0.705. The number of aliphatic hydroxyl groups is 1. The highest BCUT2D eigenvalue weighted by atomic mass is 32.2. The van der Waals surface area contributed by atoms with Crippen molar-refractivity contribution in [1.29, 1.82) is 0 Å². The number of sulfone groups is 1. The lowest BCUT2D eigenvalue weighted by Gasteiger charge is -2.08. The number of benzene rings is 2. The van der Waals surface area contributed by atoms with E-state index in [0.717, 1.165) is 24.3 Å². The van der Waals surface area contributed by atoms with Crippen molar-refractivity contribution >= 4 is 9.84 Å². The monoisotopic (exact) mass is 401 g/mol. The average Bonchev–Trinajstić information content (AvgIpc) is 2.99. The molecular weight excluding hydrogens is 390 g/mol. The van der Waals surface area contributed by atoms with E-state index < -0.39 is 44.6 Å². The van der Waals surface area contributed by atoms with Crippen LogP contribution in [0.5, 0.6) is 0 Å². The van der Waals surface area contributed by atoms with Gasteiger partial charge in [0.05, 0.1) is 5.56 Å². The fraction of sp³-hybridized carbons (Fsp3) is 0.118. The van der Waals surface area contributed by atoms with Crippen LogP contribution in [0.25, 0.3) is 22.4 Å². The molecule has 0 fully saturated rings. The molecule has 3 aromatic rings. The molecule has 1 aromatic heterocycles. The molecule has 0 radical (unpaired) electrons. The second kappa shape index (κ2) is 6.78. The van der Waals surface area contributed by atoms with Crippen molar-refractivity contribution in [3.05, 3.63) is 59.4 Å². The van der Waals surface area contributed by atoms with Crippen LogP contribution < -0.4 is 0 Å². The van der Waals surface area contributed by atoms with Gasteiger partial charge in [0.25, 0.3) is 0 Å². The Morgan fingerprint density at radius 1 is 0.963 bits per heavy atom. The number of hydrogen-bond acceptors (Lipinski definition) is 5. The number of hydrogen-bond donors (Lipinski definition) is 1. The Morgan fingerprint density at radius 2 is 1.56 bits per heavy atom.